The maximum atomic E-state index is 8.88. The highest BCUT2D eigenvalue weighted by Crippen LogP contribution is 2.16. The quantitative estimate of drug-likeness (QED) is 0.678. The summed E-state index contributed by atoms with van der Waals surface area (Å²) in [5.74, 6) is 0. The van der Waals surface area contributed by atoms with E-state index in [2.05, 4.69) is 32.6 Å². The molecule has 0 aliphatic heterocycles. The minimum Gasteiger partial charge on any atom is -0.192 e. The van der Waals surface area contributed by atoms with Gasteiger partial charge in [0, 0.05) is 0 Å². The van der Waals surface area contributed by atoms with Crippen molar-refractivity contribution in [1.82, 2.24) is 0 Å². The van der Waals surface area contributed by atoms with Crippen molar-refractivity contribution in [2.45, 2.75) is 39.5 Å². The van der Waals surface area contributed by atoms with Crippen LogP contribution < -0.4 is 0 Å². The van der Waals surface area contributed by atoms with E-state index in [0.717, 1.165) is 31.2 Å². The van der Waals surface area contributed by atoms with Crippen molar-refractivity contribution >= 4 is 0 Å². The van der Waals surface area contributed by atoms with E-state index in [4.69, 9.17) is 5.26 Å². The average molecular weight is 213 g/mol. The Hall–Kier alpha value is -1.55. The van der Waals surface area contributed by atoms with Gasteiger partial charge in [-0.15, -0.1) is 6.58 Å². The van der Waals surface area contributed by atoms with Gasteiger partial charge in [0.05, 0.1) is 11.6 Å². The number of nitriles is 1. The van der Waals surface area contributed by atoms with Crippen molar-refractivity contribution in [2.24, 2.45) is 0 Å². The van der Waals surface area contributed by atoms with Crippen LogP contribution in [-0.4, -0.2) is 0 Å². The topological polar surface area (TPSA) is 23.8 Å². The largest absolute Gasteiger partial charge is 0.192 e. The van der Waals surface area contributed by atoms with E-state index in [1.54, 1.807) is 0 Å². The fourth-order valence-corrected chi connectivity index (χ4v) is 1.85. The lowest BCUT2D eigenvalue weighted by atomic mass is 9.97. The average Bonchev–Trinajstić information content (AvgIpc) is 2.28. The van der Waals surface area contributed by atoms with Crippen molar-refractivity contribution in [2.75, 3.05) is 0 Å². The van der Waals surface area contributed by atoms with Crippen LogP contribution in [0.1, 0.15) is 43.4 Å². The second kappa shape index (κ2) is 6.12. The minimum absolute atomic E-state index is 0.766. The Kier molecular flexibility index (Phi) is 4.79. The van der Waals surface area contributed by atoms with Crippen molar-refractivity contribution < 1.29 is 0 Å². The maximum absolute atomic E-state index is 8.88. The van der Waals surface area contributed by atoms with Crippen molar-refractivity contribution in [3.63, 3.8) is 0 Å². The van der Waals surface area contributed by atoms with Gasteiger partial charge < -0.3 is 0 Å². The van der Waals surface area contributed by atoms with Gasteiger partial charge >= 0.3 is 0 Å². The first-order valence-corrected chi connectivity index (χ1v) is 5.83. The zero-order valence-electron chi connectivity index (χ0n) is 10.2. The highest BCUT2D eigenvalue weighted by Gasteiger charge is 2.02. The minimum atomic E-state index is 0.766. The van der Waals surface area contributed by atoms with Crippen LogP contribution in [0.5, 0.6) is 0 Å². The predicted octanol–water partition coefficient (Wildman–Crippen LogP) is 4.02. The third-order valence-electron chi connectivity index (χ3n) is 2.77. The first-order chi connectivity index (χ1) is 7.67. The molecule has 0 aromatic heterocycles. The molecule has 0 unspecified atom stereocenters. The molecule has 0 bridgehead atoms. The van der Waals surface area contributed by atoms with E-state index in [1.807, 2.05) is 12.1 Å². The van der Waals surface area contributed by atoms with Gasteiger partial charge in [-0.2, -0.15) is 5.26 Å². The number of rotatable bonds is 5. The molecule has 0 radical (unpaired) electrons. The molecular formula is C15H19N. The molecule has 1 nitrogen and oxygen atoms in total. The molecule has 1 aromatic rings. The fourth-order valence-electron chi connectivity index (χ4n) is 1.85. The lowest BCUT2D eigenvalue weighted by Crippen LogP contribution is -1.94. The van der Waals surface area contributed by atoms with Crippen LogP contribution in [0.4, 0.5) is 0 Å². The van der Waals surface area contributed by atoms with Crippen LogP contribution in [0.2, 0.25) is 0 Å². The molecule has 1 aromatic carbocycles. The van der Waals surface area contributed by atoms with Crippen LogP contribution in [-0.2, 0) is 12.8 Å². The lowest BCUT2D eigenvalue weighted by molar-refractivity contribution is 0.804. The molecule has 0 atom stereocenters. The Balaban J connectivity index is 2.76. The van der Waals surface area contributed by atoms with Gasteiger partial charge in [0.15, 0.2) is 0 Å². The van der Waals surface area contributed by atoms with Gasteiger partial charge in [0.1, 0.15) is 0 Å². The van der Waals surface area contributed by atoms with Crippen molar-refractivity contribution in [3.8, 4) is 6.07 Å². The van der Waals surface area contributed by atoms with Crippen LogP contribution in [0.3, 0.4) is 0 Å². The number of nitrogens with zero attached hydrogens (tertiary/aromatic N) is 1. The molecule has 0 fully saturated rings. The first-order valence-electron chi connectivity index (χ1n) is 5.83. The number of hydrogen-bond acceptors (Lipinski definition) is 1. The smallest absolute Gasteiger partial charge is 0.0991 e. The molecule has 16 heavy (non-hydrogen) atoms. The summed E-state index contributed by atoms with van der Waals surface area (Å²) in [6, 6.07) is 8.21. The maximum Gasteiger partial charge on any atom is 0.0991 e. The van der Waals surface area contributed by atoms with Crippen LogP contribution in [0.15, 0.2) is 30.4 Å². The molecule has 0 heterocycles. The Labute approximate surface area is 98.4 Å². The zero-order chi connectivity index (χ0) is 12.0. The van der Waals surface area contributed by atoms with Gasteiger partial charge in [0.25, 0.3) is 0 Å². The summed E-state index contributed by atoms with van der Waals surface area (Å²) in [5.41, 5.74) is 4.68. The van der Waals surface area contributed by atoms with Gasteiger partial charge in [-0.1, -0.05) is 18.6 Å². The molecule has 1 rings (SSSR count). The highest BCUT2D eigenvalue weighted by atomic mass is 14.2. The van der Waals surface area contributed by atoms with E-state index in [1.165, 1.54) is 16.7 Å². The van der Waals surface area contributed by atoms with Gasteiger partial charge in [-0.05, 0) is 55.9 Å². The first kappa shape index (κ1) is 12.5. The van der Waals surface area contributed by atoms with Gasteiger partial charge in [0.2, 0.25) is 0 Å². The Bertz CT molecular complexity index is 410. The van der Waals surface area contributed by atoms with E-state index < -0.39 is 0 Å². The third-order valence-corrected chi connectivity index (χ3v) is 2.77. The van der Waals surface area contributed by atoms with Crippen molar-refractivity contribution in [1.29, 1.82) is 5.26 Å². The molecule has 0 aliphatic rings. The van der Waals surface area contributed by atoms with Crippen molar-refractivity contribution in [3.05, 3.63) is 47.0 Å². The summed E-state index contributed by atoms with van der Waals surface area (Å²) in [4.78, 5) is 0. The summed E-state index contributed by atoms with van der Waals surface area (Å²) in [6.07, 6.45) is 4.27. The van der Waals surface area contributed by atoms with E-state index >= 15 is 0 Å². The van der Waals surface area contributed by atoms with Crippen LogP contribution in [0.25, 0.3) is 0 Å². The SMILES string of the molecule is C=C(C)CCCc1cc(C#N)ccc1CC. The number of hydrogen-bond donors (Lipinski definition) is 0. The summed E-state index contributed by atoms with van der Waals surface area (Å²) >= 11 is 0. The zero-order valence-corrected chi connectivity index (χ0v) is 10.2. The van der Waals surface area contributed by atoms with Crippen LogP contribution in [0, 0.1) is 11.3 Å². The number of allylic oxidation sites excluding steroid dienone is 1. The summed E-state index contributed by atoms with van der Waals surface area (Å²) < 4.78 is 0. The van der Waals surface area contributed by atoms with E-state index in [0.29, 0.717) is 0 Å². The standard InChI is InChI=1S/C15H19N/c1-4-14-9-8-13(11-16)10-15(14)7-5-6-12(2)3/h8-10H,2,4-7H2,1,3H3. The van der Waals surface area contributed by atoms with Gasteiger partial charge in [-0.25, -0.2) is 0 Å². The normalized spacial score (nSPS) is 9.81. The monoisotopic (exact) mass is 213 g/mol. The molecule has 0 spiro atoms. The van der Waals surface area contributed by atoms with Crippen LogP contribution >= 0.6 is 0 Å². The highest BCUT2D eigenvalue weighted by molar-refractivity contribution is 5.38. The number of aryl methyl sites for hydroxylation is 2. The molecule has 84 valence electrons. The predicted molar refractivity (Wildman–Crippen MR) is 68.3 cm³/mol. The lowest BCUT2D eigenvalue weighted by Gasteiger charge is -2.08. The Morgan fingerprint density at radius 3 is 2.69 bits per heavy atom. The molecule has 0 saturated carbocycles. The number of benzene rings is 1. The summed E-state index contributed by atoms with van der Waals surface area (Å²) in [6.45, 7) is 8.13. The molecule has 1 heteroatoms. The fraction of sp³-hybridized carbons (Fsp3) is 0.400. The Morgan fingerprint density at radius 1 is 1.38 bits per heavy atom. The molecule has 0 amide bonds. The summed E-state index contributed by atoms with van der Waals surface area (Å²) in [5, 5.41) is 8.88. The van der Waals surface area contributed by atoms with E-state index in [-0.39, 0.29) is 0 Å². The second-order valence-corrected chi connectivity index (χ2v) is 4.26. The Morgan fingerprint density at radius 2 is 2.12 bits per heavy atom. The molecular weight excluding hydrogens is 194 g/mol. The third kappa shape index (κ3) is 3.55. The molecule has 0 aliphatic carbocycles. The molecule has 0 N–H and O–H groups in total. The summed E-state index contributed by atoms with van der Waals surface area (Å²) in [7, 11) is 0. The van der Waals surface area contributed by atoms with Gasteiger partial charge in [-0.3, -0.25) is 0 Å². The second-order valence-electron chi connectivity index (χ2n) is 4.26. The van der Waals surface area contributed by atoms with E-state index in [9.17, 15) is 0 Å². The molecule has 0 saturated heterocycles.